The number of aromatic nitrogens is 3. The van der Waals surface area contributed by atoms with E-state index in [1.165, 1.54) is 5.56 Å². The van der Waals surface area contributed by atoms with Crippen molar-refractivity contribution in [1.29, 1.82) is 0 Å². The predicted molar refractivity (Wildman–Crippen MR) is 177 cm³/mol. The van der Waals surface area contributed by atoms with Gasteiger partial charge in [0.05, 0.1) is 35.4 Å². The van der Waals surface area contributed by atoms with Gasteiger partial charge in [0.1, 0.15) is 5.75 Å². The van der Waals surface area contributed by atoms with E-state index in [4.69, 9.17) is 19.8 Å². The molecule has 2 aliphatic heterocycles. The van der Waals surface area contributed by atoms with Gasteiger partial charge in [0, 0.05) is 11.8 Å². The first-order chi connectivity index (χ1) is 21.3. The zero-order valence-corrected chi connectivity index (χ0v) is 25.6. The van der Waals surface area contributed by atoms with Crippen molar-refractivity contribution in [2.24, 2.45) is 9.98 Å². The van der Waals surface area contributed by atoms with Crippen molar-refractivity contribution in [3.8, 4) is 11.6 Å². The summed E-state index contributed by atoms with van der Waals surface area (Å²) in [6, 6.07) is 30.7. The predicted octanol–water partition coefficient (Wildman–Crippen LogP) is 8.07. The molecular weight excluding hydrogens is 546 g/mol. The van der Waals surface area contributed by atoms with E-state index in [1.807, 2.05) is 72.3 Å². The summed E-state index contributed by atoms with van der Waals surface area (Å²) in [5, 5.41) is 8.58. The van der Waals surface area contributed by atoms with Crippen LogP contribution in [0.5, 0.6) is 5.75 Å². The third-order valence-electron chi connectivity index (χ3n) is 8.04. The fraction of sp³-hybridized carbons (Fsp3) is 0.222. The minimum Gasteiger partial charge on any atom is -0.492 e. The summed E-state index contributed by atoms with van der Waals surface area (Å²) in [6.45, 7) is 11.3. The zero-order valence-electron chi connectivity index (χ0n) is 25.6. The maximum atomic E-state index is 5.96. The Morgan fingerprint density at radius 2 is 1.61 bits per heavy atom. The van der Waals surface area contributed by atoms with E-state index in [9.17, 15) is 0 Å². The van der Waals surface area contributed by atoms with Crippen molar-refractivity contribution in [2.75, 3.05) is 16.8 Å². The quantitative estimate of drug-likeness (QED) is 0.227. The van der Waals surface area contributed by atoms with Crippen LogP contribution in [0.15, 0.2) is 107 Å². The number of ether oxygens (including phenoxy) is 1. The van der Waals surface area contributed by atoms with Crippen LogP contribution in [0.4, 0.5) is 22.9 Å². The van der Waals surface area contributed by atoms with Crippen LogP contribution in [0.2, 0.25) is 0 Å². The number of aliphatic imine (C=N–C) groups is 2. The van der Waals surface area contributed by atoms with Gasteiger partial charge >= 0.3 is 0 Å². The van der Waals surface area contributed by atoms with Crippen molar-refractivity contribution in [1.82, 2.24) is 14.8 Å². The monoisotopic (exact) mass is 581 g/mol. The molecule has 220 valence electrons. The molecule has 0 saturated heterocycles. The van der Waals surface area contributed by atoms with Crippen molar-refractivity contribution < 1.29 is 4.74 Å². The van der Waals surface area contributed by atoms with Crippen LogP contribution in [-0.2, 0) is 5.41 Å². The van der Waals surface area contributed by atoms with Gasteiger partial charge in [-0.25, -0.2) is 15.0 Å². The molecule has 2 aromatic heterocycles. The normalized spacial score (nSPS) is 15.5. The Morgan fingerprint density at radius 3 is 2.36 bits per heavy atom. The zero-order chi connectivity index (χ0) is 30.4. The number of amidine groups is 2. The molecular formula is C36H35N7O. The number of hydrogen-bond acceptors (Lipinski definition) is 7. The first-order valence-corrected chi connectivity index (χ1v) is 15.0. The second-order valence-corrected chi connectivity index (χ2v) is 12.0. The number of nitrogens with one attached hydrogen (secondary N) is 1. The van der Waals surface area contributed by atoms with Gasteiger partial charge in [0.2, 0.25) is 0 Å². The van der Waals surface area contributed by atoms with Crippen LogP contribution in [0.3, 0.4) is 0 Å². The van der Waals surface area contributed by atoms with E-state index in [0.717, 1.165) is 45.5 Å². The molecule has 5 aromatic rings. The molecule has 0 bridgehead atoms. The highest BCUT2D eigenvalue weighted by Crippen LogP contribution is 2.48. The molecule has 2 aliphatic rings. The number of para-hydroxylation sites is 4. The van der Waals surface area contributed by atoms with E-state index < -0.39 is 0 Å². The van der Waals surface area contributed by atoms with Crippen LogP contribution in [-0.4, -0.2) is 33.0 Å². The number of nitrogens with zero attached hydrogens (tertiary/aromatic N) is 6. The third-order valence-corrected chi connectivity index (χ3v) is 8.04. The number of anilines is 2. The van der Waals surface area contributed by atoms with E-state index >= 15 is 0 Å². The number of benzene rings is 3. The Morgan fingerprint density at radius 1 is 0.864 bits per heavy atom. The largest absolute Gasteiger partial charge is 0.492 e. The number of aryl methyl sites for hydroxylation is 1. The van der Waals surface area contributed by atoms with E-state index in [1.54, 1.807) is 6.20 Å². The lowest BCUT2D eigenvalue weighted by molar-refractivity contribution is 0.342. The highest BCUT2D eigenvalue weighted by Gasteiger charge is 2.41. The lowest BCUT2D eigenvalue weighted by atomic mass is 9.85. The van der Waals surface area contributed by atoms with E-state index in [2.05, 4.69) is 73.2 Å². The second kappa shape index (κ2) is 10.8. The van der Waals surface area contributed by atoms with Gasteiger partial charge in [-0.2, -0.15) is 9.78 Å². The van der Waals surface area contributed by atoms with Crippen molar-refractivity contribution in [3.05, 3.63) is 120 Å². The Bertz CT molecular complexity index is 1900. The average molecular weight is 582 g/mol. The smallest absolute Gasteiger partial charge is 0.179 e. The average Bonchev–Trinajstić information content (AvgIpc) is 3.37. The summed E-state index contributed by atoms with van der Waals surface area (Å²) in [6.07, 6.45) is 1.78. The maximum Gasteiger partial charge on any atom is 0.179 e. The van der Waals surface area contributed by atoms with Crippen LogP contribution in [0, 0.1) is 6.92 Å². The van der Waals surface area contributed by atoms with Crippen LogP contribution < -0.4 is 15.0 Å². The van der Waals surface area contributed by atoms with Crippen LogP contribution >= 0.6 is 0 Å². The highest BCUT2D eigenvalue weighted by molar-refractivity contribution is 6.51. The molecule has 0 amide bonds. The van der Waals surface area contributed by atoms with E-state index in [-0.39, 0.29) is 11.5 Å². The molecule has 4 heterocycles. The maximum absolute atomic E-state index is 5.96. The fourth-order valence-corrected chi connectivity index (χ4v) is 5.90. The van der Waals surface area contributed by atoms with Gasteiger partial charge in [-0.1, -0.05) is 75.4 Å². The summed E-state index contributed by atoms with van der Waals surface area (Å²) in [5.74, 6) is 3.53. The molecule has 0 saturated carbocycles. The molecule has 0 spiro atoms. The second-order valence-electron chi connectivity index (χ2n) is 12.0. The molecule has 3 aromatic carbocycles. The number of pyridine rings is 1. The van der Waals surface area contributed by atoms with Gasteiger partial charge in [0.15, 0.2) is 23.3 Å². The molecule has 1 N–H and O–H groups in total. The Kier molecular flexibility index (Phi) is 6.77. The molecule has 0 radical (unpaired) electrons. The topological polar surface area (TPSA) is 79.9 Å². The minimum absolute atomic E-state index is 0.0398. The number of hydrogen-bond donors (Lipinski definition) is 1. The van der Waals surface area contributed by atoms with Gasteiger partial charge in [-0.3, -0.25) is 0 Å². The summed E-state index contributed by atoms with van der Waals surface area (Å²) < 4.78 is 7.80. The lowest BCUT2D eigenvalue weighted by Gasteiger charge is -2.40. The lowest BCUT2D eigenvalue weighted by Crippen LogP contribution is -2.46. The molecule has 0 fully saturated rings. The van der Waals surface area contributed by atoms with Crippen molar-refractivity contribution >= 4 is 34.6 Å². The Labute approximate surface area is 257 Å². The molecule has 0 aliphatic carbocycles. The molecule has 44 heavy (non-hydrogen) atoms. The minimum atomic E-state index is -0.209. The van der Waals surface area contributed by atoms with Crippen LogP contribution in [0.1, 0.15) is 56.1 Å². The molecule has 1 atom stereocenters. The van der Waals surface area contributed by atoms with Gasteiger partial charge in [0.25, 0.3) is 0 Å². The molecule has 8 nitrogen and oxygen atoms in total. The van der Waals surface area contributed by atoms with E-state index in [0.29, 0.717) is 24.1 Å². The summed E-state index contributed by atoms with van der Waals surface area (Å²) >= 11 is 0. The van der Waals surface area contributed by atoms with Gasteiger partial charge < -0.3 is 15.0 Å². The molecule has 0 unspecified atom stereocenters. The standard InChI is InChI=1S/C36H35N7O/c1-6-44-29-16-10-8-14-27(29)39-33-35-40-34-31(23(2)41-43(34)30-17-11-12-22-37-30)32(24-18-20-25(21-19-24)36(3,4)5)42(35)28-15-9-7-13-26(28)38-33/h7-22,32H,6H2,1-5H3,(H,38,39)/t32-/m1/s1. The van der Waals surface area contributed by atoms with Crippen molar-refractivity contribution in [3.63, 3.8) is 0 Å². The summed E-state index contributed by atoms with van der Waals surface area (Å²) in [7, 11) is 0. The van der Waals surface area contributed by atoms with Gasteiger partial charge in [-0.05, 0) is 66.8 Å². The van der Waals surface area contributed by atoms with Crippen LogP contribution in [0.25, 0.3) is 5.82 Å². The fourth-order valence-electron chi connectivity index (χ4n) is 5.90. The van der Waals surface area contributed by atoms with Crippen molar-refractivity contribution in [2.45, 2.75) is 46.1 Å². The number of fused-ring (bicyclic) bond motifs is 4. The Balaban J connectivity index is 1.47. The summed E-state index contributed by atoms with van der Waals surface area (Å²) in [4.78, 5) is 17.3. The van der Waals surface area contributed by atoms with Gasteiger partial charge in [-0.15, -0.1) is 0 Å². The molecule has 7 rings (SSSR count). The molecule has 8 heteroatoms. The first kappa shape index (κ1) is 27.6. The summed E-state index contributed by atoms with van der Waals surface area (Å²) in [5.41, 5.74) is 7.05. The first-order valence-electron chi connectivity index (χ1n) is 15.0. The highest BCUT2D eigenvalue weighted by atomic mass is 16.5. The number of rotatable bonds is 5. The third kappa shape index (κ3) is 4.72. The Hall–Kier alpha value is -5.24. The SMILES string of the molecule is CCOc1ccccc1NC1=Nc2ccccc2N2C1=Nc1c(c(C)nn1-c1ccccn1)[C@H]2c1ccc(C(C)(C)C)cc1.